The van der Waals surface area contributed by atoms with Crippen LogP contribution >= 0.6 is 0 Å². The van der Waals surface area contributed by atoms with Crippen LogP contribution in [0.4, 0.5) is 0 Å². The number of pyridine rings is 2. The number of rotatable bonds is 7. The van der Waals surface area contributed by atoms with Gasteiger partial charge in [0, 0.05) is 68.7 Å². The molecule has 0 unspecified atom stereocenters. The number of hydrogen-bond acceptors (Lipinski definition) is 6. The van der Waals surface area contributed by atoms with E-state index < -0.39 is 0 Å². The number of hydrogen-bond donors (Lipinski definition) is 1. The number of aromatic amines is 1. The smallest absolute Gasteiger partial charge is 0.225 e. The first-order valence-corrected chi connectivity index (χ1v) is 13.1. The molecule has 37 heavy (non-hydrogen) atoms. The molecule has 0 radical (unpaired) electrons. The Morgan fingerprint density at radius 2 is 1.95 bits per heavy atom. The Morgan fingerprint density at radius 1 is 1.08 bits per heavy atom. The first kappa shape index (κ1) is 23.6. The number of nitrogens with one attached hydrogen (secondary N) is 1. The number of nitrogens with zero attached hydrogens (tertiary/aromatic N) is 5. The van der Waals surface area contributed by atoms with E-state index in [1.165, 1.54) is 12.0 Å². The largest absolute Gasteiger partial charge is 0.494 e. The monoisotopic (exact) mass is 496 g/mol. The van der Waals surface area contributed by atoms with Crippen LogP contribution in [0, 0.1) is 5.92 Å². The second kappa shape index (κ2) is 10.3. The summed E-state index contributed by atoms with van der Waals surface area (Å²) in [5, 5.41) is 0. The molecule has 6 rings (SSSR count). The van der Waals surface area contributed by atoms with Crippen molar-refractivity contribution in [3.05, 3.63) is 72.1 Å². The molecule has 1 aliphatic carbocycles. The summed E-state index contributed by atoms with van der Waals surface area (Å²) in [5.41, 5.74) is 6.20. The van der Waals surface area contributed by atoms with Gasteiger partial charge in [-0.3, -0.25) is 19.7 Å². The van der Waals surface area contributed by atoms with E-state index in [0.717, 1.165) is 85.0 Å². The number of amides is 1. The molecule has 1 aromatic carbocycles. The topological polar surface area (TPSA) is 87.2 Å². The first-order chi connectivity index (χ1) is 18.2. The van der Waals surface area contributed by atoms with Crippen molar-refractivity contribution < 1.29 is 9.53 Å². The van der Waals surface area contributed by atoms with E-state index in [2.05, 4.69) is 49.0 Å². The second-order valence-electron chi connectivity index (χ2n) is 10.1. The number of imidazole rings is 1. The lowest BCUT2D eigenvalue weighted by molar-refractivity contribution is -0.140. The second-order valence-corrected chi connectivity index (χ2v) is 10.1. The molecule has 1 amide bonds. The summed E-state index contributed by atoms with van der Waals surface area (Å²) in [6, 6.07) is 12.4. The molecule has 1 aliphatic heterocycles. The van der Waals surface area contributed by atoms with Gasteiger partial charge in [-0.25, -0.2) is 4.98 Å². The van der Waals surface area contributed by atoms with Gasteiger partial charge in [-0.2, -0.15) is 0 Å². The van der Waals surface area contributed by atoms with Gasteiger partial charge in [0.15, 0.2) is 0 Å². The Labute approximate surface area is 216 Å². The molecule has 8 heteroatoms. The number of carbonyl (C=O) groups excluding carboxylic acids is 1. The highest BCUT2D eigenvalue weighted by atomic mass is 16.5. The highest BCUT2D eigenvalue weighted by Crippen LogP contribution is 2.31. The van der Waals surface area contributed by atoms with E-state index >= 15 is 0 Å². The summed E-state index contributed by atoms with van der Waals surface area (Å²) >= 11 is 0. The van der Waals surface area contributed by atoms with Gasteiger partial charge in [-0.05, 0) is 54.3 Å². The first-order valence-electron chi connectivity index (χ1n) is 13.1. The Balaban J connectivity index is 1.11. The number of aromatic nitrogens is 4. The average Bonchev–Trinajstić information content (AvgIpc) is 3.29. The number of H-pyrrole nitrogens is 1. The Kier molecular flexibility index (Phi) is 6.57. The number of ether oxygens (including phenoxy) is 1. The predicted octanol–water partition coefficient (Wildman–Crippen LogP) is 4.06. The van der Waals surface area contributed by atoms with Gasteiger partial charge in [-0.1, -0.05) is 12.5 Å². The maximum absolute atomic E-state index is 12.5. The molecule has 3 aromatic heterocycles. The molecule has 1 saturated heterocycles. The molecule has 8 nitrogen and oxygen atoms in total. The highest BCUT2D eigenvalue weighted by Gasteiger charge is 2.31. The molecule has 4 heterocycles. The molecule has 2 aliphatic rings. The fourth-order valence-electron chi connectivity index (χ4n) is 5.29. The summed E-state index contributed by atoms with van der Waals surface area (Å²) in [7, 11) is 1.66. The van der Waals surface area contributed by atoms with Crippen molar-refractivity contribution >= 4 is 16.9 Å². The molecule has 1 N–H and O–H groups in total. The van der Waals surface area contributed by atoms with Crippen molar-refractivity contribution in [2.45, 2.75) is 32.2 Å². The number of benzene rings is 1. The van der Waals surface area contributed by atoms with Crippen molar-refractivity contribution in [3.63, 3.8) is 0 Å². The van der Waals surface area contributed by atoms with Crippen LogP contribution < -0.4 is 4.74 Å². The molecule has 0 spiro atoms. The molecular formula is C29H32N6O2. The number of fused-ring (bicyclic) bond motifs is 1. The summed E-state index contributed by atoms with van der Waals surface area (Å²) in [6.07, 6.45) is 9.38. The molecule has 2 fully saturated rings. The average molecular weight is 497 g/mol. The van der Waals surface area contributed by atoms with Crippen LogP contribution in [0.15, 0.2) is 55.0 Å². The fraction of sp³-hybridized carbons (Fsp3) is 0.379. The van der Waals surface area contributed by atoms with Crippen LogP contribution in [-0.4, -0.2) is 68.9 Å². The van der Waals surface area contributed by atoms with E-state index in [1.807, 2.05) is 18.3 Å². The van der Waals surface area contributed by atoms with Crippen LogP contribution in [0.2, 0.25) is 0 Å². The van der Waals surface area contributed by atoms with E-state index in [-0.39, 0.29) is 5.92 Å². The maximum atomic E-state index is 12.5. The third-order valence-corrected chi connectivity index (χ3v) is 7.62. The quantitative estimate of drug-likeness (QED) is 0.415. The molecule has 190 valence electrons. The van der Waals surface area contributed by atoms with Gasteiger partial charge in [-0.15, -0.1) is 0 Å². The van der Waals surface area contributed by atoms with Crippen molar-refractivity contribution in [2.75, 3.05) is 33.3 Å². The molecule has 0 bridgehead atoms. The van der Waals surface area contributed by atoms with Crippen LogP contribution in [0.3, 0.4) is 0 Å². The Morgan fingerprint density at radius 3 is 2.73 bits per heavy atom. The van der Waals surface area contributed by atoms with Crippen LogP contribution in [-0.2, 0) is 17.8 Å². The SMILES string of the molecule is COc1cnccc1-c1ccc2nc(Cc3cc(CN4CCN(C(=O)C5CCC5)CC4)ccn3)[nH]c2c1. The minimum absolute atomic E-state index is 0.289. The Hall–Kier alpha value is -3.78. The minimum atomic E-state index is 0.289. The molecule has 4 aromatic rings. The van der Waals surface area contributed by atoms with Crippen LogP contribution in [0.25, 0.3) is 22.2 Å². The van der Waals surface area contributed by atoms with E-state index in [1.54, 1.807) is 19.5 Å². The zero-order chi connectivity index (χ0) is 25.2. The lowest BCUT2D eigenvalue weighted by Crippen LogP contribution is -2.50. The van der Waals surface area contributed by atoms with Gasteiger partial charge in [0.25, 0.3) is 0 Å². The highest BCUT2D eigenvalue weighted by molar-refractivity contribution is 5.83. The summed E-state index contributed by atoms with van der Waals surface area (Å²) < 4.78 is 5.48. The van der Waals surface area contributed by atoms with Crippen molar-refractivity contribution in [3.8, 4) is 16.9 Å². The van der Waals surface area contributed by atoms with Crippen LogP contribution in [0.1, 0.15) is 36.3 Å². The third kappa shape index (κ3) is 5.06. The zero-order valence-electron chi connectivity index (χ0n) is 21.2. The summed E-state index contributed by atoms with van der Waals surface area (Å²) in [6.45, 7) is 4.38. The van der Waals surface area contributed by atoms with Gasteiger partial charge in [0.1, 0.15) is 11.6 Å². The van der Waals surface area contributed by atoms with E-state index in [0.29, 0.717) is 12.3 Å². The van der Waals surface area contributed by atoms with Gasteiger partial charge >= 0.3 is 0 Å². The van der Waals surface area contributed by atoms with Gasteiger partial charge < -0.3 is 14.6 Å². The molecule has 1 saturated carbocycles. The normalized spacial score (nSPS) is 16.6. The summed E-state index contributed by atoms with van der Waals surface area (Å²) in [5.74, 6) is 2.29. The third-order valence-electron chi connectivity index (χ3n) is 7.62. The standard InChI is InChI=1S/C29H32N6O2/c1-37-27-18-30-9-8-24(27)22-5-6-25-26(16-22)33-28(32-25)17-23-15-20(7-10-31-23)19-34-11-13-35(14-12-34)29(36)21-3-2-4-21/h5-10,15-16,18,21H,2-4,11-14,17,19H2,1H3,(H,32,33). The van der Waals surface area contributed by atoms with Crippen molar-refractivity contribution in [1.29, 1.82) is 0 Å². The molecule has 0 atom stereocenters. The number of methoxy groups -OCH3 is 1. The predicted molar refractivity (Wildman–Crippen MR) is 142 cm³/mol. The zero-order valence-corrected chi connectivity index (χ0v) is 21.2. The summed E-state index contributed by atoms with van der Waals surface area (Å²) in [4.78, 5) is 34.0. The fourth-order valence-corrected chi connectivity index (χ4v) is 5.29. The van der Waals surface area contributed by atoms with Crippen LogP contribution in [0.5, 0.6) is 5.75 Å². The lowest BCUT2D eigenvalue weighted by atomic mass is 9.84. The van der Waals surface area contributed by atoms with E-state index in [4.69, 9.17) is 9.72 Å². The van der Waals surface area contributed by atoms with Gasteiger partial charge in [0.05, 0.1) is 24.3 Å². The number of carbonyl (C=O) groups is 1. The van der Waals surface area contributed by atoms with Gasteiger partial charge in [0.2, 0.25) is 5.91 Å². The number of piperazine rings is 1. The van der Waals surface area contributed by atoms with E-state index in [9.17, 15) is 4.79 Å². The van der Waals surface area contributed by atoms with Crippen molar-refractivity contribution in [2.24, 2.45) is 5.92 Å². The lowest BCUT2D eigenvalue weighted by Gasteiger charge is -2.38. The molecular weight excluding hydrogens is 464 g/mol. The Bertz CT molecular complexity index is 1400. The maximum Gasteiger partial charge on any atom is 0.225 e. The van der Waals surface area contributed by atoms with Crippen molar-refractivity contribution in [1.82, 2.24) is 29.7 Å². The minimum Gasteiger partial charge on any atom is -0.494 e.